The SMILES string of the molecule is CC[C@@H](Nc1nncc(Nc2ccc3ncccc3c2)n1)C(N)=O. The molecule has 2 heterocycles. The van der Waals surface area contributed by atoms with Crippen molar-refractivity contribution in [3.63, 3.8) is 0 Å². The average Bonchev–Trinajstić information content (AvgIpc) is 2.59. The van der Waals surface area contributed by atoms with E-state index >= 15 is 0 Å². The van der Waals surface area contributed by atoms with E-state index in [9.17, 15) is 4.79 Å². The number of primary amides is 1. The number of hydrogen-bond acceptors (Lipinski definition) is 7. The zero-order valence-electron chi connectivity index (χ0n) is 13.1. The Morgan fingerprint density at radius 2 is 2.21 bits per heavy atom. The van der Waals surface area contributed by atoms with Gasteiger partial charge in [-0.3, -0.25) is 9.78 Å². The van der Waals surface area contributed by atoms with Crippen molar-refractivity contribution >= 4 is 34.3 Å². The molecule has 1 aromatic carbocycles. The number of benzene rings is 1. The molecule has 0 aliphatic carbocycles. The fourth-order valence-electron chi connectivity index (χ4n) is 2.26. The molecule has 0 radical (unpaired) electrons. The smallest absolute Gasteiger partial charge is 0.245 e. The van der Waals surface area contributed by atoms with E-state index in [1.54, 1.807) is 6.20 Å². The van der Waals surface area contributed by atoms with Crippen LogP contribution in [-0.4, -0.2) is 32.1 Å². The highest BCUT2D eigenvalue weighted by molar-refractivity contribution is 5.83. The second-order valence-electron chi connectivity index (χ2n) is 5.21. The molecule has 3 aromatic rings. The molecule has 0 saturated carbocycles. The highest BCUT2D eigenvalue weighted by Gasteiger charge is 2.14. The highest BCUT2D eigenvalue weighted by atomic mass is 16.1. The first-order chi connectivity index (χ1) is 11.7. The lowest BCUT2D eigenvalue weighted by atomic mass is 10.2. The monoisotopic (exact) mass is 323 g/mol. The predicted octanol–water partition coefficient (Wildman–Crippen LogP) is 1.84. The summed E-state index contributed by atoms with van der Waals surface area (Å²) in [5.41, 5.74) is 7.08. The van der Waals surface area contributed by atoms with E-state index in [1.807, 2.05) is 37.3 Å². The molecular weight excluding hydrogens is 306 g/mol. The predicted molar refractivity (Wildman–Crippen MR) is 91.7 cm³/mol. The molecule has 1 amide bonds. The minimum Gasteiger partial charge on any atom is -0.368 e. The number of anilines is 3. The summed E-state index contributed by atoms with van der Waals surface area (Å²) in [6, 6.07) is 9.13. The Bertz CT molecular complexity index is 868. The van der Waals surface area contributed by atoms with Crippen LogP contribution in [0.25, 0.3) is 10.9 Å². The lowest BCUT2D eigenvalue weighted by Crippen LogP contribution is -2.35. The van der Waals surface area contributed by atoms with Crippen LogP contribution in [0.4, 0.5) is 17.5 Å². The molecule has 4 N–H and O–H groups in total. The van der Waals surface area contributed by atoms with Crippen molar-refractivity contribution in [2.45, 2.75) is 19.4 Å². The van der Waals surface area contributed by atoms with Gasteiger partial charge < -0.3 is 16.4 Å². The average molecular weight is 323 g/mol. The Hall–Kier alpha value is -3.29. The summed E-state index contributed by atoms with van der Waals surface area (Å²) in [5.74, 6) is 0.296. The van der Waals surface area contributed by atoms with Crippen LogP contribution < -0.4 is 16.4 Å². The number of nitrogens with one attached hydrogen (secondary N) is 2. The van der Waals surface area contributed by atoms with Crippen molar-refractivity contribution in [2.75, 3.05) is 10.6 Å². The van der Waals surface area contributed by atoms with Crippen LogP contribution in [0, 0.1) is 0 Å². The van der Waals surface area contributed by atoms with E-state index in [4.69, 9.17) is 5.73 Å². The molecule has 24 heavy (non-hydrogen) atoms. The van der Waals surface area contributed by atoms with Crippen LogP contribution in [0.15, 0.2) is 42.7 Å². The summed E-state index contributed by atoms with van der Waals surface area (Å²) in [6.07, 6.45) is 3.79. The molecule has 0 aliphatic rings. The van der Waals surface area contributed by atoms with Crippen molar-refractivity contribution in [3.8, 4) is 0 Å². The Balaban J connectivity index is 1.79. The first-order valence-electron chi connectivity index (χ1n) is 7.53. The fraction of sp³-hybridized carbons (Fsp3) is 0.188. The summed E-state index contributed by atoms with van der Waals surface area (Å²) in [4.78, 5) is 19.9. The van der Waals surface area contributed by atoms with Gasteiger partial charge in [0.05, 0.1) is 11.7 Å². The van der Waals surface area contributed by atoms with Gasteiger partial charge in [0, 0.05) is 17.3 Å². The number of carbonyl (C=O) groups excluding carboxylic acids is 1. The molecule has 122 valence electrons. The van der Waals surface area contributed by atoms with Gasteiger partial charge in [0.1, 0.15) is 6.04 Å². The van der Waals surface area contributed by atoms with Crippen LogP contribution in [0.2, 0.25) is 0 Å². The number of fused-ring (bicyclic) bond motifs is 1. The fourth-order valence-corrected chi connectivity index (χ4v) is 2.26. The second-order valence-corrected chi connectivity index (χ2v) is 5.21. The minimum absolute atomic E-state index is 0.244. The number of rotatable bonds is 6. The third kappa shape index (κ3) is 3.54. The summed E-state index contributed by atoms with van der Waals surface area (Å²) in [6.45, 7) is 1.85. The van der Waals surface area contributed by atoms with E-state index in [0.717, 1.165) is 16.6 Å². The number of nitrogens with two attached hydrogens (primary N) is 1. The molecule has 8 nitrogen and oxygen atoms in total. The van der Waals surface area contributed by atoms with Gasteiger partial charge in [-0.15, -0.1) is 5.10 Å². The van der Waals surface area contributed by atoms with Crippen LogP contribution in [0.3, 0.4) is 0 Å². The normalized spacial score (nSPS) is 11.9. The Morgan fingerprint density at radius 1 is 1.33 bits per heavy atom. The Kier molecular flexibility index (Phi) is 4.46. The molecular formula is C16H17N7O. The highest BCUT2D eigenvalue weighted by Crippen LogP contribution is 2.20. The van der Waals surface area contributed by atoms with Crippen molar-refractivity contribution in [3.05, 3.63) is 42.7 Å². The lowest BCUT2D eigenvalue weighted by Gasteiger charge is -2.13. The lowest BCUT2D eigenvalue weighted by molar-refractivity contribution is -0.118. The van der Waals surface area contributed by atoms with Gasteiger partial charge in [-0.05, 0) is 30.7 Å². The van der Waals surface area contributed by atoms with E-state index in [0.29, 0.717) is 12.2 Å². The summed E-state index contributed by atoms with van der Waals surface area (Å²) in [5, 5.41) is 14.8. The van der Waals surface area contributed by atoms with Crippen LogP contribution >= 0.6 is 0 Å². The topological polar surface area (TPSA) is 119 Å². The maximum Gasteiger partial charge on any atom is 0.245 e. The Labute approximate surface area is 138 Å². The van der Waals surface area contributed by atoms with Gasteiger partial charge >= 0.3 is 0 Å². The quantitative estimate of drug-likeness (QED) is 0.633. The third-order valence-corrected chi connectivity index (χ3v) is 3.49. The first-order valence-corrected chi connectivity index (χ1v) is 7.53. The summed E-state index contributed by atoms with van der Waals surface area (Å²) in [7, 11) is 0. The zero-order valence-corrected chi connectivity index (χ0v) is 13.1. The van der Waals surface area contributed by atoms with Crippen molar-refractivity contribution in [1.82, 2.24) is 20.2 Å². The van der Waals surface area contributed by atoms with Gasteiger partial charge in [-0.1, -0.05) is 13.0 Å². The molecule has 0 spiro atoms. The minimum atomic E-state index is -0.534. The van der Waals surface area contributed by atoms with Gasteiger partial charge in [-0.2, -0.15) is 10.1 Å². The molecule has 0 unspecified atom stereocenters. The molecule has 1 atom stereocenters. The summed E-state index contributed by atoms with van der Waals surface area (Å²) < 4.78 is 0. The number of carbonyl (C=O) groups is 1. The van der Waals surface area contributed by atoms with Gasteiger partial charge in [0.15, 0.2) is 5.82 Å². The third-order valence-electron chi connectivity index (χ3n) is 3.49. The first kappa shape index (κ1) is 15.6. The maximum atomic E-state index is 11.3. The number of amides is 1. The zero-order chi connectivity index (χ0) is 16.9. The molecule has 3 rings (SSSR count). The van der Waals surface area contributed by atoms with Gasteiger partial charge in [-0.25, -0.2) is 0 Å². The van der Waals surface area contributed by atoms with Crippen molar-refractivity contribution in [1.29, 1.82) is 0 Å². The standard InChI is InChI=1S/C16H17N7O/c1-2-12(15(17)24)21-16-22-14(9-19-23-16)20-11-5-6-13-10(8-11)4-3-7-18-13/h3-9,12H,2H2,1H3,(H2,17,24)(H2,20,21,22,23)/t12-/m1/s1. The number of hydrogen-bond donors (Lipinski definition) is 3. The molecule has 8 heteroatoms. The number of aromatic nitrogens is 4. The molecule has 0 bridgehead atoms. The largest absolute Gasteiger partial charge is 0.368 e. The van der Waals surface area contributed by atoms with Gasteiger partial charge in [0.2, 0.25) is 11.9 Å². The second kappa shape index (κ2) is 6.86. The van der Waals surface area contributed by atoms with Crippen LogP contribution in [0.1, 0.15) is 13.3 Å². The molecule has 0 aliphatic heterocycles. The van der Waals surface area contributed by atoms with E-state index in [1.165, 1.54) is 6.20 Å². The van der Waals surface area contributed by atoms with E-state index < -0.39 is 11.9 Å². The van der Waals surface area contributed by atoms with E-state index in [-0.39, 0.29) is 5.95 Å². The van der Waals surface area contributed by atoms with Crippen molar-refractivity contribution < 1.29 is 4.79 Å². The summed E-state index contributed by atoms with van der Waals surface area (Å²) >= 11 is 0. The molecule has 0 fully saturated rings. The number of pyridine rings is 1. The maximum absolute atomic E-state index is 11.3. The van der Waals surface area contributed by atoms with Crippen LogP contribution in [0.5, 0.6) is 0 Å². The number of nitrogens with zero attached hydrogens (tertiary/aromatic N) is 4. The van der Waals surface area contributed by atoms with E-state index in [2.05, 4.69) is 30.8 Å². The molecule has 2 aromatic heterocycles. The Morgan fingerprint density at radius 3 is 3.00 bits per heavy atom. The van der Waals surface area contributed by atoms with Crippen LogP contribution in [-0.2, 0) is 4.79 Å². The van der Waals surface area contributed by atoms with Crippen molar-refractivity contribution in [2.24, 2.45) is 5.73 Å². The van der Waals surface area contributed by atoms with Gasteiger partial charge in [0.25, 0.3) is 0 Å². The molecule has 0 saturated heterocycles.